The van der Waals surface area contributed by atoms with Gasteiger partial charge in [0.15, 0.2) is 5.13 Å². The van der Waals surface area contributed by atoms with Gasteiger partial charge >= 0.3 is 0 Å². The fraction of sp³-hybridized carbons (Fsp3) is 0.778. The van der Waals surface area contributed by atoms with Gasteiger partial charge in [0, 0.05) is 17.0 Å². The van der Waals surface area contributed by atoms with E-state index in [4.69, 9.17) is 0 Å². The van der Waals surface area contributed by atoms with Crippen LogP contribution in [0, 0.1) is 17.8 Å². The van der Waals surface area contributed by atoms with E-state index >= 15 is 0 Å². The molecule has 2 N–H and O–H groups in total. The van der Waals surface area contributed by atoms with Crippen LogP contribution in [-0.2, 0) is 4.79 Å². The van der Waals surface area contributed by atoms with Gasteiger partial charge in [-0.25, -0.2) is 4.98 Å². The van der Waals surface area contributed by atoms with E-state index in [9.17, 15) is 4.79 Å². The van der Waals surface area contributed by atoms with Crippen molar-refractivity contribution in [2.75, 3.05) is 18.4 Å². The summed E-state index contributed by atoms with van der Waals surface area (Å²) in [5.41, 5.74) is 0. The Hall–Kier alpha value is -0.940. The molecule has 2 saturated carbocycles. The van der Waals surface area contributed by atoms with E-state index in [1.165, 1.54) is 49.8 Å². The third-order valence-electron chi connectivity index (χ3n) is 5.93. The van der Waals surface area contributed by atoms with Crippen molar-refractivity contribution in [3.05, 3.63) is 11.1 Å². The molecule has 23 heavy (non-hydrogen) atoms. The zero-order valence-electron chi connectivity index (χ0n) is 13.7. The first-order valence-electron chi connectivity index (χ1n) is 9.28. The number of carbonyl (C=O) groups is 1. The van der Waals surface area contributed by atoms with E-state index in [1.807, 2.05) is 6.20 Å². The maximum absolute atomic E-state index is 12.5. The Morgan fingerprint density at radius 2 is 1.96 bits per heavy atom. The first-order chi connectivity index (χ1) is 11.3. The predicted octanol–water partition coefficient (Wildman–Crippen LogP) is 3.77. The summed E-state index contributed by atoms with van der Waals surface area (Å²) in [7, 11) is 0. The number of nitrogens with zero attached hydrogens (tertiary/aromatic N) is 1. The van der Waals surface area contributed by atoms with Crippen molar-refractivity contribution in [1.29, 1.82) is 0 Å². The Balaban J connectivity index is 1.30. The van der Waals surface area contributed by atoms with E-state index in [1.54, 1.807) is 11.3 Å². The summed E-state index contributed by atoms with van der Waals surface area (Å²) in [6.07, 6.45) is 12.2. The average Bonchev–Trinajstić information content (AvgIpc) is 3.29. The van der Waals surface area contributed by atoms with Gasteiger partial charge in [-0.1, -0.05) is 32.1 Å². The molecule has 2 heterocycles. The lowest BCUT2D eigenvalue weighted by molar-refractivity contribution is -0.117. The molecule has 0 spiro atoms. The van der Waals surface area contributed by atoms with Crippen LogP contribution in [0.2, 0.25) is 0 Å². The van der Waals surface area contributed by atoms with Crippen LogP contribution in [-0.4, -0.2) is 24.0 Å². The lowest BCUT2D eigenvalue weighted by Crippen LogP contribution is -2.26. The molecule has 2 unspecified atom stereocenters. The van der Waals surface area contributed by atoms with Crippen LogP contribution in [0.25, 0.3) is 0 Å². The number of amides is 1. The van der Waals surface area contributed by atoms with Crippen molar-refractivity contribution in [3.8, 4) is 0 Å². The van der Waals surface area contributed by atoms with Crippen molar-refractivity contribution in [3.63, 3.8) is 0 Å². The monoisotopic (exact) mass is 333 g/mol. The van der Waals surface area contributed by atoms with Crippen molar-refractivity contribution in [2.45, 2.75) is 57.3 Å². The number of hydrogen-bond donors (Lipinski definition) is 2. The number of thiazole rings is 1. The average molecular weight is 334 g/mol. The number of carbonyl (C=O) groups excluding carboxylic acids is 1. The summed E-state index contributed by atoms with van der Waals surface area (Å²) in [5, 5.41) is 7.29. The van der Waals surface area contributed by atoms with Gasteiger partial charge in [-0.15, -0.1) is 11.3 Å². The van der Waals surface area contributed by atoms with Crippen molar-refractivity contribution >= 4 is 22.4 Å². The summed E-state index contributed by atoms with van der Waals surface area (Å²) in [5.74, 6) is 2.55. The van der Waals surface area contributed by atoms with Crippen LogP contribution in [0.3, 0.4) is 0 Å². The lowest BCUT2D eigenvalue weighted by Gasteiger charge is -2.21. The highest BCUT2D eigenvalue weighted by atomic mass is 32.1. The van der Waals surface area contributed by atoms with Gasteiger partial charge in [-0.05, 0) is 50.1 Å². The molecule has 4 nitrogen and oxygen atoms in total. The maximum atomic E-state index is 12.5. The van der Waals surface area contributed by atoms with E-state index in [2.05, 4.69) is 15.6 Å². The van der Waals surface area contributed by atoms with Gasteiger partial charge < -0.3 is 10.6 Å². The number of hydrogen-bond acceptors (Lipinski definition) is 4. The van der Waals surface area contributed by atoms with E-state index in [0.717, 1.165) is 30.6 Å². The molecule has 2 aliphatic carbocycles. The number of rotatable bonds is 4. The van der Waals surface area contributed by atoms with Gasteiger partial charge in [0.1, 0.15) is 0 Å². The molecule has 126 valence electrons. The van der Waals surface area contributed by atoms with Gasteiger partial charge in [-0.2, -0.15) is 0 Å². The minimum absolute atomic E-state index is 0.215. The molecule has 4 rings (SSSR count). The summed E-state index contributed by atoms with van der Waals surface area (Å²) in [6, 6.07) is 0. The van der Waals surface area contributed by atoms with Crippen LogP contribution >= 0.6 is 11.3 Å². The van der Waals surface area contributed by atoms with E-state index < -0.39 is 0 Å². The molecule has 3 fully saturated rings. The highest BCUT2D eigenvalue weighted by molar-refractivity contribution is 7.15. The van der Waals surface area contributed by atoms with Gasteiger partial charge in [0.05, 0.1) is 0 Å². The zero-order chi connectivity index (χ0) is 15.6. The molecule has 1 aromatic heterocycles. The molecule has 5 heteroatoms. The molecular weight excluding hydrogens is 306 g/mol. The van der Waals surface area contributed by atoms with Gasteiger partial charge in [-0.3, -0.25) is 4.79 Å². The third-order valence-corrected chi connectivity index (χ3v) is 7.00. The first kappa shape index (κ1) is 15.6. The molecule has 0 radical (unpaired) electrons. The maximum Gasteiger partial charge on any atom is 0.229 e. The highest BCUT2D eigenvalue weighted by Gasteiger charge is 2.47. The highest BCUT2D eigenvalue weighted by Crippen LogP contribution is 2.49. The lowest BCUT2D eigenvalue weighted by atomic mass is 9.85. The smallest absolute Gasteiger partial charge is 0.229 e. The number of aromatic nitrogens is 1. The SMILES string of the molecule is O=C(Nc1ncc(C2CCNCC2)s1)C1CC1C1CCCCC1. The summed E-state index contributed by atoms with van der Waals surface area (Å²) >= 11 is 1.68. The quantitative estimate of drug-likeness (QED) is 0.882. The predicted molar refractivity (Wildman–Crippen MR) is 93.8 cm³/mol. The Bertz CT molecular complexity index is 546. The summed E-state index contributed by atoms with van der Waals surface area (Å²) in [4.78, 5) is 18.2. The van der Waals surface area contributed by atoms with Crippen LogP contribution in [0.15, 0.2) is 6.20 Å². The van der Waals surface area contributed by atoms with Crippen molar-refractivity contribution in [1.82, 2.24) is 10.3 Å². The number of piperidine rings is 1. The largest absolute Gasteiger partial charge is 0.317 e. The fourth-order valence-corrected chi connectivity index (χ4v) is 5.43. The minimum atomic E-state index is 0.215. The normalized spacial score (nSPS) is 29.4. The second-order valence-corrected chi connectivity index (χ2v) is 8.55. The molecule has 3 aliphatic rings. The van der Waals surface area contributed by atoms with Crippen LogP contribution in [0.1, 0.15) is 62.2 Å². The Labute approximate surface area is 142 Å². The molecular formula is C18H27N3OS. The van der Waals surface area contributed by atoms with Gasteiger partial charge in [0.2, 0.25) is 5.91 Å². The van der Waals surface area contributed by atoms with E-state index in [0.29, 0.717) is 11.8 Å². The van der Waals surface area contributed by atoms with Crippen LogP contribution < -0.4 is 10.6 Å². The third kappa shape index (κ3) is 3.61. The van der Waals surface area contributed by atoms with Crippen molar-refractivity contribution in [2.24, 2.45) is 17.8 Å². The van der Waals surface area contributed by atoms with Gasteiger partial charge in [0.25, 0.3) is 0 Å². The Morgan fingerprint density at radius 1 is 1.17 bits per heavy atom. The van der Waals surface area contributed by atoms with Crippen LogP contribution in [0.5, 0.6) is 0 Å². The first-order valence-corrected chi connectivity index (χ1v) is 10.1. The fourth-order valence-electron chi connectivity index (χ4n) is 4.44. The summed E-state index contributed by atoms with van der Waals surface area (Å²) in [6.45, 7) is 2.19. The topological polar surface area (TPSA) is 54.0 Å². The molecule has 0 aromatic carbocycles. The van der Waals surface area contributed by atoms with E-state index in [-0.39, 0.29) is 11.8 Å². The van der Waals surface area contributed by atoms with Crippen LogP contribution in [0.4, 0.5) is 5.13 Å². The zero-order valence-corrected chi connectivity index (χ0v) is 14.5. The molecule has 0 bridgehead atoms. The molecule has 1 aromatic rings. The second-order valence-electron chi connectivity index (χ2n) is 7.49. The Kier molecular flexibility index (Phi) is 4.67. The molecule has 1 aliphatic heterocycles. The Morgan fingerprint density at radius 3 is 2.74 bits per heavy atom. The summed E-state index contributed by atoms with van der Waals surface area (Å²) < 4.78 is 0. The number of nitrogens with one attached hydrogen (secondary N) is 2. The van der Waals surface area contributed by atoms with Crippen molar-refractivity contribution < 1.29 is 4.79 Å². The molecule has 2 atom stereocenters. The number of anilines is 1. The molecule has 1 saturated heterocycles. The molecule has 1 amide bonds. The second kappa shape index (κ2) is 6.89. The minimum Gasteiger partial charge on any atom is -0.317 e. The standard InChI is InChI=1S/C18H27N3OS/c22-17(15-10-14(15)12-4-2-1-3-5-12)21-18-20-11-16(23-18)13-6-8-19-9-7-13/h11-15,19H,1-10H2,(H,20,21,22).